The van der Waals surface area contributed by atoms with Crippen LogP contribution in [-0.2, 0) is 19.4 Å². The van der Waals surface area contributed by atoms with Gasteiger partial charge in [-0.1, -0.05) is 54.6 Å². The van der Waals surface area contributed by atoms with Crippen LogP contribution in [0, 0.1) is 0 Å². The van der Waals surface area contributed by atoms with Gasteiger partial charge in [0.15, 0.2) is 0 Å². The standard InChI is InChI=1S/C22H28N2/c1-2-6-18(7-3-1)17-24-14-12-21(13-15-24)23-22-11-10-19-8-4-5-9-20(19)16-22/h1-9,21-23H,10-17H2/t22-/m0/s1. The van der Waals surface area contributed by atoms with Crippen LogP contribution in [0.2, 0.25) is 0 Å². The molecule has 2 aliphatic rings. The summed E-state index contributed by atoms with van der Waals surface area (Å²) in [7, 11) is 0. The molecule has 2 heteroatoms. The summed E-state index contributed by atoms with van der Waals surface area (Å²) in [5, 5.41) is 3.96. The average molecular weight is 320 g/mol. The van der Waals surface area contributed by atoms with Gasteiger partial charge >= 0.3 is 0 Å². The zero-order valence-electron chi connectivity index (χ0n) is 14.5. The molecule has 1 aliphatic heterocycles. The zero-order chi connectivity index (χ0) is 16.2. The number of aryl methyl sites for hydroxylation is 1. The van der Waals surface area contributed by atoms with E-state index in [9.17, 15) is 0 Å². The van der Waals surface area contributed by atoms with Gasteiger partial charge in [0.2, 0.25) is 0 Å². The Hall–Kier alpha value is -1.64. The molecule has 1 saturated heterocycles. The van der Waals surface area contributed by atoms with Gasteiger partial charge in [-0.3, -0.25) is 4.90 Å². The van der Waals surface area contributed by atoms with Crippen LogP contribution in [0.5, 0.6) is 0 Å². The molecule has 126 valence electrons. The van der Waals surface area contributed by atoms with E-state index in [0.29, 0.717) is 12.1 Å². The number of likely N-dealkylation sites (tertiary alicyclic amines) is 1. The van der Waals surface area contributed by atoms with Crippen LogP contribution in [0.3, 0.4) is 0 Å². The van der Waals surface area contributed by atoms with Crippen LogP contribution in [0.25, 0.3) is 0 Å². The second kappa shape index (κ2) is 7.50. The summed E-state index contributed by atoms with van der Waals surface area (Å²) in [5.41, 5.74) is 4.56. The fourth-order valence-electron chi connectivity index (χ4n) is 4.27. The molecule has 2 aromatic carbocycles. The SMILES string of the molecule is c1ccc(CN2CCC(N[C@H]3CCc4ccccc4C3)CC2)cc1. The summed E-state index contributed by atoms with van der Waals surface area (Å²) in [5.74, 6) is 0. The van der Waals surface area contributed by atoms with Gasteiger partial charge in [-0.2, -0.15) is 0 Å². The Balaban J connectivity index is 1.25. The predicted molar refractivity (Wildman–Crippen MR) is 100 cm³/mol. The van der Waals surface area contributed by atoms with Crippen molar-refractivity contribution in [1.29, 1.82) is 0 Å². The van der Waals surface area contributed by atoms with Crippen molar-refractivity contribution < 1.29 is 0 Å². The molecule has 0 saturated carbocycles. The van der Waals surface area contributed by atoms with Gasteiger partial charge in [0.25, 0.3) is 0 Å². The second-order valence-corrected chi connectivity index (χ2v) is 7.41. The third-order valence-electron chi connectivity index (χ3n) is 5.65. The largest absolute Gasteiger partial charge is 0.311 e. The lowest BCUT2D eigenvalue weighted by Gasteiger charge is -2.36. The molecular formula is C22H28N2. The number of hydrogen-bond donors (Lipinski definition) is 1. The van der Waals surface area contributed by atoms with E-state index in [1.165, 1.54) is 50.8 Å². The van der Waals surface area contributed by atoms with Crippen molar-refractivity contribution in [3.63, 3.8) is 0 Å². The lowest BCUT2D eigenvalue weighted by Crippen LogP contribution is -2.47. The molecule has 1 aliphatic carbocycles. The highest BCUT2D eigenvalue weighted by Gasteiger charge is 2.24. The van der Waals surface area contributed by atoms with E-state index in [-0.39, 0.29) is 0 Å². The minimum Gasteiger partial charge on any atom is -0.311 e. The highest BCUT2D eigenvalue weighted by molar-refractivity contribution is 5.30. The Labute approximate surface area is 145 Å². The Kier molecular flexibility index (Phi) is 4.96. The van der Waals surface area contributed by atoms with Crippen LogP contribution >= 0.6 is 0 Å². The van der Waals surface area contributed by atoms with Crippen LogP contribution in [0.15, 0.2) is 54.6 Å². The van der Waals surface area contributed by atoms with E-state index >= 15 is 0 Å². The maximum absolute atomic E-state index is 3.96. The van der Waals surface area contributed by atoms with Crippen LogP contribution in [0.4, 0.5) is 0 Å². The van der Waals surface area contributed by atoms with Crippen molar-refractivity contribution >= 4 is 0 Å². The Morgan fingerprint density at radius 1 is 0.792 bits per heavy atom. The summed E-state index contributed by atoms with van der Waals surface area (Å²) in [4.78, 5) is 2.60. The van der Waals surface area contributed by atoms with Gasteiger partial charge < -0.3 is 5.32 Å². The topological polar surface area (TPSA) is 15.3 Å². The third kappa shape index (κ3) is 3.88. The molecule has 1 fully saturated rings. The van der Waals surface area contributed by atoms with E-state index in [1.54, 1.807) is 11.1 Å². The molecule has 0 radical (unpaired) electrons. The van der Waals surface area contributed by atoms with Gasteiger partial charge in [0.05, 0.1) is 0 Å². The van der Waals surface area contributed by atoms with Crippen molar-refractivity contribution in [2.45, 2.75) is 50.7 Å². The molecule has 0 spiro atoms. The molecule has 1 heterocycles. The van der Waals surface area contributed by atoms with Crippen LogP contribution in [-0.4, -0.2) is 30.1 Å². The van der Waals surface area contributed by atoms with Crippen LogP contribution in [0.1, 0.15) is 36.0 Å². The Morgan fingerprint density at radius 3 is 2.29 bits per heavy atom. The van der Waals surface area contributed by atoms with Crippen LogP contribution < -0.4 is 5.32 Å². The van der Waals surface area contributed by atoms with E-state index < -0.39 is 0 Å². The first-order valence-corrected chi connectivity index (χ1v) is 9.46. The molecular weight excluding hydrogens is 292 g/mol. The monoisotopic (exact) mass is 320 g/mol. The van der Waals surface area contributed by atoms with E-state index in [4.69, 9.17) is 0 Å². The van der Waals surface area contributed by atoms with Crippen molar-refractivity contribution in [3.05, 3.63) is 71.3 Å². The Bertz CT molecular complexity index is 644. The average Bonchev–Trinajstić information content (AvgIpc) is 2.64. The highest BCUT2D eigenvalue weighted by Crippen LogP contribution is 2.23. The summed E-state index contributed by atoms with van der Waals surface area (Å²) >= 11 is 0. The summed E-state index contributed by atoms with van der Waals surface area (Å²) in [6.45, 7) is 3.54. The van der Waals surface area contributed by atoms with E-state index in [2.05, 4.69) is 64.8 Å². The molecule has 4 rings (SSSR count). The summed E-state index contributed by atoms with van der Waals surface area (Å²) in [6, 6.07) is 21.2. The Morgan fingerprint density at radius 2 is 1.50 bits per heavy atom. The number of rotatable bonds is 4. The third-order valence-corrected chi connectivity index (χ3v) is 5.65. The molecule has 0 unspecified atom stereocenters. The molecule has 2 aromatic rings. The van der Waals surface area contributed by atoms with Crippen molar-refractivity contribution in [2.75, 3.05) is 13.1 Å². The van der Waals surface area contributed by atoms with Gasteiger partial charge in [-0.25, -0.2) is 0 Å². The molecule has 24 heavy (non-hydrogen) atoms. The van der Waals surface area contributed by atoms with Gasteiger partial charge in [0, 0.05) is 18.6 Å². The molecule has 0 bridgehead atoms. The molecule has 2 nitrogen and oxygen atoms in total. The molecule has 1 N–H and O–H groups in total. The normalized spacial score (nSPS) is 22.2. The molecule has 0 aromatic heterocycles. The fourth-order valence-corrected chi connectivity index (χ4v) is 4.27. The van der Waals surface area contributed by atoms with Crippen molar-refractivity contribution in [3.8, 4) is 0 Å². The lowest BCUT2D eigenvalue weighted by atomic mass is 9.87. The highest BCUT2D eigenvalue weighted by atomic mass is 15.1. The minimum atomic E-state index is 0.672. The number of hydrogen-bond acceptors (Lipinski definition) is 2. The molecule has 1 atom stereocenters. The first-order chi connectivity index (χ1) is 11.9. The molecule has 0 amide bonds. The number of fused-ring (bicyclic) bond motifs is 1. The zero-order valence-corrected chi connectivity index (χ0v) is 14.5. The maximum atomic E-state index is 3.96. The van der Waals surface area contributed by atoms with Gasteiger partial charge in [-0.05, 0) is 61.9 Å². The lowest BCUT2D eigenvalue weighted by molar-refractivity contribution is 0.181. The number of nitrogens with one attached hydrogen (secondary N) is 1. The first-order valence-electron chi connectivity index (χ1n) is 9.46. The first kappa shape index (κ1) is 15.9. The van der Waals surface area contributed by atoms with E-state index in [0.717, 1.165) is 6.54 Å². The van der Waals surface area contributed by atoms with Crippen molar-refractivity contribution in [2.24, 2.45) is 0 Å². The smallest absolute Gasteiger partial charge is 0.0233 e. The number of piperidine rings is 1. The maximum Gasteiger partial charge on any atom is 0.0233 e. The van der Waals surface area contributed by atoms with Gasteiger partial charge in [-0.15, -0.1) is 0 Å². The van der Waals surface area contributed by atoms with Crippen molar-refractivity contribution in [1.82, 2.24) is 10.2 Å². The summed E-state index contributed by atoms with van der Waals surface area (Å²) < 4.78 is 0. The fraction of sp³-hybridized carbons (Fsp3) is 0.455. The summed E-state index contributed by atoms with van der Waals surface area (Å²) in [6.07, 6.45) is 6.30. The second-order valence-electron chi connectivity index (χ2n) is 7.41. The number of nitrogens with zero attached hydrogens (tertiary/aromatic N) is 1. The number of benzene rings is 2. The predicted octanol–water partition coefficient (Wildman–Crippen LogP) is 3.80. The quantitative estimate of drug-likeness (QED) is 0.922. The van der Waals surface area contributed by atoms with E-state index in [1.807, 2.05) is 0 Å². The minimum absolute atomic E-state index is 0.672. The van der Waals surface area contributed by atoms with Gasteiger partial charge in [0.1, 0.15) is 0 Å².